The van der Waals surface area contributed by atoms with Crippen molar-refractivity contribution in [2.24, 2.45) is 4.99 Å². The van der Waals surface area contributed by atoms with Crippen LogP contribution in [-0.4, -0.2) is 75.2 Å². The van der Waals surface area contributed by atoms with Crippen LogP contribution >= 0.6 is 24.0 Å². The minimum absolute atomic E-state index is 0. The van der Waals surface area contributed by atoms with Crippen LogP contribution in [0, 0.1) is 6.92 Å². The van der Waals surface area contributed by atoms with Crippen molar-refractivity contribution in [2.75, 3.05) is 53.9 Å². The number of aryl methyl sites for hydroxylation is 1. The second kappa shape index (κ2) is 12.3. The Bertz CT molecular complexity index is 712. The van der Waals surface area contributed by atoms with E-state index in [9.17, 15) is 0 Å². The fraction of sp³-hybridized carbons (Fsp3) is 0.708. The van der Waals surface area contributed by atoms with E-state index in [1.165, 1.54) is 63.8 Å². The van der Waals surface area contributed by atoms with Crippen LogP contribution in [0.3, 0.4) is 0 Å². The molecule has 31 heavy (non-hydrogen) atoms. The number of rotatable bonds is 6. The van der Waals surface area contributed by atoms with Gasteiger partial charge in [-0.15, -0.1) is 24.0 Å². The van der Waals surface area contributed by atoms with E-state index < -0.39 is 0 Å². The predicted octanol–water partition coefficient (Wildman–Crippen LogP) is 3.80. The summed E-state index contributed by atoms with van der Waals surface area (Å²) in [7, 11) is 5.83. The maximum absolute atomic E-state index is 5.59. The molecule has 1 aromatic rings. The molecule has 0 amide bonds. The molecule has 2 aliphatic rings. The lowest BCUT2D eigenvalue weighted by atomic mass is 9.84. The molecule has 0 aromatic heterocycles. The van der Waals surface area contributed by atoms with Gasteiger partial charge in [0.25, 0.3) is 0 Å². The summed E-state index contributed by atoms with van der Waals surface area (Å²) in [6, 6.07) is 6.43. The van der Waals surface area contributed by atoms with Crippen molar-refractivity contribution < 1.29 is 4.74 Å². The molecular weight excluding hydrogens is 501 g/mol. The molecule has 2 aliphatic heterocycles. The molecule has 1 atom stereocenters. The molecule has 2 fully saturated rings. The quantitative estimate of drug-likeness (QED) is 0.325. The molecule has 0 saturated carbocycles. The molecule has 6 nitrogen and oxygen atoms in total. The molecule has 2 N–H and O–H groups in total. The van der Waals surface area contributed by atoms with Crippen LogP contribution in [0.25, 0.3) is 0 Å². The second-order valence-electron chi connectivity index (χ2n) is 9.11. The number of methoxy groups -OCH3 is 1. The normalized spacial score (nSPS) is 21.1. The first kappa shape index (κ1) is 26.2. The summed E-state index contributed by atoms with van der Waals surface area (Å²) in [5.74, 6) is 1.78. The van der Waals surface area contributed by atoms with Gasteiger partial charge in [-0.25, -0.2) is 0 Å². The Morgan fingerprint density at radius 3 is 2.45 bits per heavy atom. The molecule has 1 unspecified atom stereocenters. The van der Waals surface area contributed by atoms with E-state index in [1.54, 1.807) is 7.11 Å². The number of guanidine groups is 1. The smallest absolute Gasteiger partial charge is 0.191 e. The molecule has 0 spiro atoms. The van der Waals surface area contributed by atoms with Gasteiger partial charge in [0.2, 0.25) is 0 Å². The van der Waals surface area contributed by atoms with Gasteiger partial charge >= 0.3 is 0 Å². The fourth-order valence-electron chi connectivity index (χ4n) is 4.93. The highest BCUT2D eigenvalue weighted by Gasteiger charge is 2.39. The van der Waals surface area contributed by atoms with Crippen molar-refractivity contribution in [1.29, 1.82) is 0 Å². The van der Waals surface area contributed by atoms with Gasteiger partial charge in [0.1, 0.15) is 5.75 Å². The number of ether oxygens (including phenoxy) is 1. The summed E-state index contributed by atoms with van der Waals surface area (Å²) in [4.78, 5) is 9.75. The maximum Gasteiger partial charge on any atom is 0.191 e. The van der Waals surface area contributed by atoms with Crippen molar-refractivity contribution in [3.63, 3.8) is 0 Å². The summed E-state index contributed by atoms with van der Waals surface area (Å²) in [5, 5.41) is 7.27. The third-order valence-electron chi connectivity index (χ3n) is 6.96. The molecule has 0 radical (unpaired) electrons. The first-order chi connectivity index (χ1) is 14.5. The van der Waals surface area contributed by atoms with Crippen molar-refractivity contribution in [2.45, 2.75) is 57.5 Å². The van der Waals surface area contributed by atoms with Gasteiger partial charge in [-0.3, -0.25) is 9.89 Å². The fourth-order valence-corrected chi connectivity index (χ4v) is 4.93. The van der Waals surface area contributed by atoms with Crippen molar-refractivity contribution in [3.8, 4) is 5.75 Å². The minimum Gasteiger partial charge on any atom is -0.496 e. The molecule has 176 valence electrons. The largest absolute Gasteiger partial charge is 0.496 e. The second-order valence-corrected chi connectivity index (χ2v) is 9.11. The van der Waals surface area contributed by atoms with Crippen LogP contribution in [0.5, 0.6) is 5.75 Å². The van der Waals surface area contributed by atoms with Crippen molar-refractivity contribution in [1.82, 2.24) is 20.4 Å². The van der Waals surface area contributed by atoms with Crippen LogP contribution < -0.4 is 15.4 Å². The lowest BCUT2D eigenvalue weighted by Gasteiger charge is -2.50. The monoisotopic (exact) mass is 543 g/mol. The van der Waals surface area contributed by atoms with Gasteiger partial charge in [0.15, 0.2) is 5.96 Å². The Balaban J connectivity index is 0.00000341. The van der Waals surface area contributed by atoms with Crippen molar-refractivity contribution in [3.05, 3.63) is 29.3 Å². The third-order valence-corrected chi connectivity index (χ3v) is 6.96. The number of nitrogens with zero attached hydrogens (tertiary/aromatic N) is 3. The zero-order chi connectivity index (χ0) is 21.6. The number of halogens is 1. The number of hydrogen-bond acceptors (Lipinski definition) is 4. The average molecular weight is 544 g/mol. The van der Waals surface area contributed by atoms with Crippen LogP contribution in [0.15, 0.2) is 23.2 Å². The first-order valence-corrected chi connectivity index (χ1v) is 11.5. The molecule has 1 aromatic carbocycles. The lowest BCUT2D eigenvalue weighted by molar-refractivity contribution is 0.0173. The summed E-state index contributed by atoms with van der Waals surface area (Å²) in [5.41, 5.74) is 2.62. The van der Waals surface area contributed by atoms with Crippen LogP contribution in [-0.2, 0) is 0 Å². The summed E-state index contributed by atoms with van der Waals surface area (Å²) >= 11 is 0. The Labute approximate surface area is 206 Å². The number of hydrogen-bond donors (Lipinski definition) is 2. The van der Waals surface area contributed by atoms with Crippen molar-refractivity contribution >= 4 is 29.9 Å². The average Bonchev–Trinajstić information content (AvgIpc) is 2.78. The van der Waals surface area contributed by atoms with Gasteiger partial charge in [-0.1, -0.05) is 24.1 Å². The molecule has 2 saturated heterocycles. The van der Waals surface area contributed by atoms with Crippen LogP contribution in [0.4, 0.5) is 0 Å². The Morgan fingerprint density at radius 1 is 1.16 bits per heavy atom. The lowest BCUT2D eigenvalue weighted by Crippen LogP contribution is -2.62. The Morgan fingerprint density at radius 2 is 1.84 bits per heavy atom. The number of likely N-dealkylation sites (tertiary alicyclic amines) is 2. The maximum atomic E-state index is 5.59. The van der Waals surface area contributed by atoms with Gasteiger partial charge in [0.05, 0.1) is 13.2 Å². The van der Waals surface area contributed by atoms with Gasteiger partial charge in [-0.05, 0) is 78.8 Å². The van der Waals surface area contributed by atoms with E-state index >= 15 is 0 Å². The highest BCUT2D eigenvalue weighted by Crippen LogP contribution is 2.31. The van der Waals surface area contributed by atoms with E-state index in [0.29, 0.717) is 0 Å². The molecular formula is C24H42IN5O. The number of piperidine rings is 2. The Hall–Kier alpha value is -1.06. The van der Waals surface area contributed by atoms with E-state index in [2.05, 4.69) is 58.5 Å². The molecule has 0 bridgehead atoms. The highest BCUT2D eigenvalue weighted by atomic mass is 127. The highest BCUT2D eigenvalue weighted by molar-refractivity contribution is 14.0. The zero-order valence-electron chi connectivity index (χ0n) is 20.0. The Kier molecular flexibility index (Phi) is 10.4. The topological polar surface area (TPSA) is 52.1 Å². The molecule has 0 aliphatic carbocycles. The molecule has 3 rings (SSSR count). The number of benzene rings is 1. The van der Waals surface area contributed by atoms with Crippen LogP contribution in [0.2, 0.25) is 0 Å². The number of nitrogens with one attached hydrogen (secondary N) is 2. The minimum atomic E-state index is 0. The molecule has 2 heterocycles. The summed E-state index contributed by atoms with van der Waals surface area (Å²) in [6.07, 6.45) is 6.46. The van der Waals surface area contributed by atoms with E-state index in [4.69, 9.17) is 4.74 Å². The predicted molar refractivity (Wildman–Crippen MR) is 141 cm³/mol. The van der Waals surface area contributed by atoms with Gasteiger partial charge in [0, 0.05) is 24.7 Å². The number of aliphatic imine (C=N–C) groups is 1. The third kappa shape index (κ3) is 6.71. The SMILES string of the molecule is CN=C(NCC1(N2CCCCC2)CCN(C)CC1)NC(C)c1cc(C)ccc1OC.I. The van der Waals surface area contributed by atoms with Crippen LogP contribution in [0.1, 0.15) is 56.2 Å². The van der Waals surface area contributed by atoms with E-state index in [0.717, 1.165) is 23.8 Å². The van der Waals surface area contributed by atoms with E-state index in [-0.39, 0.29) is 35.6 Å². The summed E-state index contributed by atoms with van der Waals surface area (Å²) < 4.78 is 5.59. The van der Waals surface area contributed by atoms with Gasteiger partial charge < -0.3 is 20.3 Å². The molecule has 7 heteroatoms. The van der Waals surface area contributed by atoms with E-state index in [1.807, 2.05) is 13.1 Å². The zero-order valence-corrected chi connectivity index (χ0v) is 22.4. The standard InChI is InChI=1S/C24H41N5O.HI/c1-19-9-10-22(30-5)21(17-19)20(2)27-23(25-3)26-18-24(11-15-28(4)16-12-24)29-13-7-6-8-14-29;/h9-10,17,20H,6-8,11-16,18H2,1-5H3,(H2,25,26,27);1H. The summed E-state index contributed by atoms with van der Waals surface area (Å²) in [6.45, 7) is 10.0. The van der Waals surface area contributed by atoms with Gasteiger partial charge in [-0.2, -0.15) is 0 Å². The first-order valence-electron chi connectivity index (χ1n) is 11.5.